The summed E-state index contributed by atoms with van der Waals surface area (Å²) in [5, 5.41) is 9.78. The molecule has 1 N–H and O–H groups in total. The maximum absolute atomic E-state index is 12.1. The van der Waals surface area contributed by atoms with Crippen LogP contribution in [0.15, 0.2) is 0 Å². The molecule has 0 aromatic rings. The third-order valence-electron chi connectivity index (χ3n) is 3.67. The first-order chi connectivity index (χ1) is 7.90. The Morgan fingerprint density at radius 3 is 2.59 bits per heavy atom. The third-order valence-corrected chi connectivity index (χ3v) is 3.67. The highest BCUT2D eigenvalue weighted by molar-refractivity contribution is 5.76. The molecule has 0 aromatic heterocycles. The maximum atomic E-state index is 12.1. The number of hydrogen-bond donors (Lipinski definition) is 1. The van der Waals surface area contributed by atoms with Crippen LogP contribution in [0.25, 0.3) is 0 Å². The summed E-state index contributed by atoms with van der Waals surface area (Å²) in [5.41, 5.74) is 0. The molecular formula is C14H27NO2. The second kappa shape index (κ2) is 6.39. The number of likely N-dealkylation sites (tertiary alicyclic amines) is 1. The zero-order valence-electron chi connectivity index (χ0n) is 11.6. The fourth-order valence-electron chi connectivity index (χ4n) is 2.59. The second-order valence-corrected chi connectivity index (χ2v) is 6.11. The van der Waals surface area contributed by atoms with Gasteiger partial charge in [-0.3, -0.25) is 4.79 Å². The minimum absolute atomic E-state index is 0.212. The van der Waals surface area contributed by atoms with E-state index < -0.39 is 0 Å². The van der Waals surface area contributed by atoms with Crippen molar-refractivity contribution in [1.82, 2.24) is 4.90 Å². The Labute approximate surface area is 105 Å². The van der Waals surface area contributed by atoms with Gasteiger partial charge in [-0.25, -0.2) is 0 Å². The van der Waals surface area contributed by atoms with Gasteiger partial charge in [-0.05, 0) is 30.6 Å². The topological polar surface area (TPSA) is 40.5 Å². The molecule has 3 unspecified atom stereocenters. The van der Waals surface area contributed by atoms with E-state index in [-0.39, 0.29) is 12.0 Å². The van der Waals surface area contributed by atoms with E-state index in [1.807, 2.05) is 11.8 Å². The van der Waals surface area contributed by atoms with Crippen molar-refractivity contribution in [1.29, 1.82) is 0 Å². The highest BCUT2D eigenvalue weighted by Crippen LogP contribution is 2.20. The van der Waals surface area contributed by atoms with Gasteiger partial charge in [0, 0.05) is 19.5 Å². The molecule has 1 heterocycles. The summed E-state index contributed by atoms with van der Waals surface area (Å²) in [4.78, 5) is 13.9. The smallest absolute Gasteiger partial charge is 0.222 e. The van der Waals surface area contributed by atoms with Crippen LogP contribution in [0.1, 0.15) is 47.0 Å². The monoisotopic (exact) mass is 241 g/mol. The van der Waals surface area contributed by atoms with Crippen LogP contribution in [-0.2, 0) is 4.79 Å². The standard InChI is InChI=1S/C14H27NO2/c1-10(2)7-11(3)8-14(17)15-6-5-12(4)13(16)9-15/h10-13,16H,5-9H2,1-4H3. The van der Waals surface area contributed by atoms with E-state index in [9.17, 15) is 9.90 Å². The number of carbonyl (C=O) groups is 1. The molecule has 17 heavy (non-hydrogen) atoms. The molecule has 0 aliphatic carbocycles. The van der Waals surface area contributed by atoms with E-state index in [1.54, 1.807) is 0 Å². The lowest BCUT2D eigenvalue weighted by molar-refractivity contribution is -0.136. The highest BCUT2D eigenvalue weighted by atomic mass is 16.3. The Balaban J connectivity index is 2.37. The van der Waals surface area contributed by atoms with Crippen molar-refractivity contribution in [2.75, 3.05) is 13.1 Å². The molecule has 1 fully saturated rings. The van der Waals surface area contributed by atoms with Crippen molar-refractivity contribution >= 4 is 5.91 Å². The SMILES string of the molecule is CC(C)CC(C)CC(=O)N1CCC(C)C(O)C1. The van der Waals surface area contributed by atoms with Gasteiger partial charge in [0.2, 0.25) is 5.91 Å². The lowest BCUT2D eigenvalue weighted by atomic mass is 9.93. The zero-order valence-corrected chi connectivity index (χ0v) is 11.6. The first-order valence-corrected chi connectivity index (χ1v) is 6.86. The molecule has 3 atom stereocenters. The van der Waals surface area contributed by atoms with Gasteiger partial charge in [-0.2, -0.15) is 0 Å². The van der Waals surface area contributed by atoms with Gasteiger partial charge < -0.3 is 10.0 Å². The van der Waals surface area contributed by atoms with Crippen LogP contribution >= 0.6 is 0 Å². The summed E-state index contributed by atoms with van der Waals surface area (Å²) < 4.78 is 0. The quantitative estimate of drug-likeness (QED) is 0.820. The van der Waals surface area contributed by atoms with Crippen LogP contribution in [0.3, 0.4) is 0 Å². The minimum atomic E-state index is -0.340. The minimum Gasteiger partial charge on any atom is -0.391 e. The Morgan fingerprint density at radius 1 is 1.41 bits per heavy atom. The molecule has 0 bridgehead atoms. The number of aliphatic hydroxyl groups is 1. The lowest BCUT2D eigenvalue weighted by Gasteiger charge is -2.35. The molecular weight excluding hydrogens is 214 g/mol. The van der Waals surface area contributed by atoms with E-state index in [1.165, 1.54) is 0 Å². The average Bonchev–Trinajstić information content (AvgIpc) is 2.20. The molecule has 3 nitrogen and oxygen atoms in total. The summed E-state index contributed by atoms with van der Waals surface area (Å²) in [6.45, 7) is 9.90. The maximum Gasteiger partial charge on any atom is 0.222 e. The predicted molar refractivity (Wildman–Crippen MR) is 69.6 cm³/mol. The van der Waals surface area contributed by atoms with Crippen LogP contribution in [0.4, 0.5) is 0 Å². The van der Waals surface area contributed by atoms with E-state index in [4.69, 9.17) is 0 Å². The zero-order chi connectivity index (χ0) is 13.0. The van der Waals surface area contributed by atoms with Crippen LogP contribution in [0, 0.1) is 17.8 Å². The van der Waals surface area contributed by atoms with Crippen LogP contribution < -0.4 is 0 Å². The summed E-state index contributed by atoms with van der Waals surface area (Å²) in [6, 6.07) is 0. The van der Waals surface area contributed by atoms with Crippen LogP contribution in [-0.4, -0.2) is 35.1 Å². The van der Waals surface area contributed by atoms with Gasteiger partial charge in [0.15, 0.2) is 0 Å². The summed E-state index contributed by atoms with van der Waals surface area (Å²) in [5.74, 6) is 1.62. The van der Waals surface area contributed by atoms with Gasteiger partial charge in [-0.15, -0.1) is 0 Å². The van der Waals surface area contributed by atoms with Crippen molar-refractivity contribution < 1.29 is 9.90 Å². The Hall–Kier alpha value is -0.570. The van der Waals surface area contributed by atoms with E-state index in [2.05, 4.69) is 20.8 Å². The Kier molecular flexibility index (Phi) is 5.44. The van der Waals surface area contributed by atoms with Crippen molar-refractivity contribution in [3.63, 3.8) is 0 Å². The molecule has 1 rings (SSSR count). The molecule has 0 spiro atoms. The molecule has 0 aromatic carbocycles. The number of amides is 1. The summed E-state index contributed by atoms with van der Waals surface area (Å²) >= 11 is 0. The van der Waals surface area contributed by atoms with Crippen LogP contribution in [0.5, 0.6) is 0 Å². The lowest BCUT2D eigenvalue weighted by Crippen LogP contribution is -2.46. The average molecular weight is 241 g/mol. The number of hydrogen-bond acceptors (Lipinski definition) is 2. The van der Waals surface area contributed by atoms with E-state index in [0.29, 0.717) is 30.7 Å². The molecule has 1 saturated heterocycles. The van der Waals surface area contributed by atoms with Crippen molar-refractivity contribution in [3.8, 4) is 0 Å². The highest BCUT2D eigenvalue weighted by Gasteiger charge is 2.27. The number of aliphatic hydroxyl groups excluding tert-OH is 1. The number of carbonyl (C=O) groups excluding carboxylic acids is 1. The molecule has 100 valence electrons. The fourth-order valence-corrected chi connectivity index (χ4v) is 2.59. The number of nitrogens with zero attached hydrogens (tertiary/aromatic N) is 1. The molecule has 1 aliphatic rings. The van der Waals surface area contributed by atoms with Gasteiger partial charge in [-0.1, -0.05) is 27.7 Å². The first kappa shape index (κ1) is 14.5. The first-order valence-electron chi connectivity index (χ1n) is 6.86. The number of piperidine rings is 1. The molecule has 0 radical (unpaired) electrons. The Morgan fingerprint density at radius 2 is 2.06 bits per heavy atom. The molecule has 0 saturated carbocycles. The predicted octanol–water partition coefficient (Wildman–Crippen LogP) is 2.29. The van der Waals surface area contributed by atoms with Crippen molar-refractivity contribution in [3.05, 3.63) is 0 Å². The molecule has 1 aliphatic heterocycles. The fraction of sp³-hybridized carbons (Fsp3) is 0.929. The summed E-state index contributed by atoms with van der Waals surface area (Å²) in [7, 11) is 0. The largest absolute Gasteiger partial charge is 0.391 e. The van der Waals surface area contributed by atoms with Crippen LogP contribution in [0.2, 0.25) is 0 Å². The van der Waals surface area contributed by atoms with Gasteiger partial charge in [0.05, 0.1) is 6.10 Å². The van der Waals surface area contributed by atoms with Crippen molar-refractivity contribution in [2.45, 2.75) is 53.1 Å². The van der Waals surface area contributed by atoms with Gasteiger partial charge >= 0.3 is 0 Å². The van der Waals surface area contributed by atoms with E-state index >= 15 is 0 Å². The van der Waals surface area contributed by atoms with Gasteiger partial charge in [0.25, 0.3) is 0 Å². The number of rotatable bonds is 4. The normalized spacial score (nSPS) is 27.3. The Bertz CT molecular complexity index is 253. The second-order valence-electron chi connectivity index (χ2n) is 6.11. The third kappa shape index (κ3) is 4.66. The van der Waals surface area contributed by atoms with E-state index in [0.717, 1.165) is 19.4 Å². The molecule has 3 heteroatoms. The number of β-amino-alcohol motifs (C(OH)–C–C–N with tert-alkyl or cyclic N) is 1. The van der Waals surface area contributed by atoms with Crippen molar-refractivity contribution in [2.24, 2.45) is 17.8 Å². The summed E-state index contributed by atoms with van der Waals surface area (Å²) in [6.07, 6.45) is 2.30. The van der Waals surface area contributed by atoms with Gasteiger partial charge in [0.1, 0.15) is 0 Å². The molecule has 1 amide bonds.